The van der Waals surface area contributed by atoms with Gasteiger partial charge in [0.1, 0.15) is 12.0 Å². The molecule has 2 aliphatic heterocycles. The fourth-order valence-corrected chi connectivity index (χ4v) is 4.38. The summed E-state index contributed by atoms with van der Waals surface area (Å²) in [7, 11) is 0. The largest absolute Gasteiger partial charge is 0.274 e. The number of rotatable bonds is 4. The smallest absolute Gasteiger partial charge is 0.273 e. The van der Waals surface area contributed by atoms with Gasteiger partial charge in [-0.25, -0.2) is 9.96 Å². The second-order valence-corrected chi connectivity index (χ2v) is 7.82. The standard InChI is InChI=1S/C24H19N3O5/c1-15-11-13-16(14-12-15)25-23(28)20-21(18-9-5-6-10-19(18)27(30)31)26(32-22(20)24(25)29)17-7-3-2-4-8-17/h2-14,20-22H,1H3. The van der Waals surface area contributed by atoms with Gasteiger partial charge in [0.05, 0.1) is 21.9 Å². The minimum Gasteiger partial charge on any atom is -0.273 e. The van der Waals surface area contributed by atoms with E-state index in [0.717, 1.165) is 10.5 Å². The van der Waals surface area contributed by atoms with Crippen molar-refractivity contribution in [2.75, 3.05) is 9.96 Å². The Kier molecular flexibility index (Phi) is 4.71. The third kappa shape index (κ3) is 3.04. The maximum absolute atomic E-state index is 13.6. The van der Waals surface area contributed by atoms with E-state index in [1.807, 2.05) is 25.1 Å². The first-order valence-corrected chi connectivity index (χ1v) is 10.2. The van der Waals surface area contributed by atoms with E-state index in [1.54, 1.807) is 54.6 Å². The Morgan fingerprint density at radius 1 is 0.844 bits per heavy atom. The summed E-state index contributed by atoms with van der Waals surface area (Å²) >= 11 is 0. The zero-order valence-corrected chi connectivity index (χ0v) is 17.1. The number of benzene rings is 3. The Morgan fingerprint density at radius 3 is 2.19 bits per heavy atom. The van der Waals surface area contributed by atoms with Gasteiger partial charge in [0.25, 0.3) is 11.6 Å². The van der Waals surface area contributed by atoms with E-state index in [-0.39, 0.29) is 5.69 Å². The number of nitro benzene ring substituents is 1. The molecule has 3 atom stereocenters. The van der Waals surface area contributed by atoms with Crippen LogP contribution >= 0.6 is 0 Å². The molecule has 5 rings (SSSR count). The van der Waals surface area contributed by atoms with Crippen LogP contribution in [-0.2, 0) is 14.4 Å². The van der Waals surface area contributed by atoms with E-state index in [0.29, 0.717) is 16.9 Å². The number of imide groups is 1. The summed E-state index contributed by atoms with van der Waals surface area (Å²) in [4.78, 5) is 45.3. The fraction of sp³-hybridized carbons (Fsp3) is 0.167. The van der Waals surface area contributed by atoms with Crippen molar-refractivity contribution < 1.29 is 19.3 Å². The number of anilines is 2. The molecule has 3 aromatic rings. The van der Waals surface area contributed by atoms with E-state index < -0.39 is 34.8 Å². The normalized spacial score (nSPS) is 22.3. The van der Waals surface area contributed by atoms with Crippen molar-refractivity contribution in [2.24, 2.45) is 5.92 Å². The molecule has 2 aliphatic rings. The Morgan fingerprint density at radius 2 is 1.50 bits per heavy atom. The summed E-state index contributed by atoms with van der Waals surface area (Å²) in [5, 5.41) is 13.2. The van der Waals surface area contributed by atoms with Crippen molar-refractivity contribution in [3.8, 4) is 0 Å². The molecule has 0 N–H and O–H groups in total. The molecule has 2 amide bonds. The number of carbonyl (C=O) groups is 2. The summed E-state index contributed by atoms with van der Waals surface area (Å²) < 4.78 is 0. The lowest BCUT2D eigenvalue weighted by atomic mass is 9.89. The van der Waals surface area contributed by atoms with E-state index in [9.17, 15) is 19.7 Å². The van der Waals surface area contributed by atoms with Crippen LogP contribution in [0, 0.1) is 23.0 Å². The first-order chi connectivity index (χ1) is 15.5. The van der Waals surface area contributed by atoms with Crippen LogP contribution in [0.2, 0.25) is 0 Å². The van der Waals surface area contributed by atoms with Gasteiger partial charge in [-0.15, -0.1) is 0 Å². The predicted molar refractivity (Wildman–Crippen MR) is 117 cm³/mol. The molecule has 0 saturated carbocycles. The maximum Gasteiger partial charge on any atom is 0.274 e. The fourth-order valence-electron chi connectivity index (χ4n) is 4.38. The topological polar surface area (TPSA) is 93.0 Å². The molecule has 0 aromatic heterocycles. The molecule has 160 valence electrons. The number of nitrogens with zero attached hydrogens (tertiary/aromatic N) is 3. The molecule has 0 aliphatic carbocycles. The monoisotopic (exact) mass is 429 g/mol. The quantitative estimate of drug-likeness (QED) is 0.354. The molecule has 2 heterocycles. The number of carbonyl (C=O) groups excluding carboxylic acids is 2. The molecule has 3 unspecified atom stereocenters. The number of para-hydroxylation sites is 2. The van der Waals surface area contributed by atoms with Crippen molar-refractivity contribution in [1.82, 2.24) is 0 Å². The van der Waals surface area contributed by atoms with Gasteiger partial charge in [-0.3, -0.25) is 24.5 Å². The van der Waals surface area contributed by atoms with Crippen molar-refractivity contribution >= 4 is 28.9 Å². The zero-order valence-electron chi connectivity index (χ0n) is 17.1. The Bertz CT molecular complexity index is 1210. The SMILES string of the molecule is Cc1ccc(N2C(=O)C3ON(c4ccccc4)C(c4ccccc4[N+](=O)[O-])C3C2=O)cc1. The number of hydroxylamine groups is 1. The van der Waals surface area contributed by atoms with Crippen molar-refractivity contribution in [3.05, 3.63) is 100 Å². The average molecular weight is 429 g/mol. The first kappa shape index (κ1) is 19.9. The second-order valence-electron chi connectivity index (χ2n) is 7.82. The molecule has 0 bridgehead atoms. The van der Waals surface area contributed by atoms with Gasteiger partial charge in [-0.2, -0.15) is 0 Å². The summed E-state index contributed by atoms with van der Waals surface area (Å²) in [5.41, 5.74) is 2.25. The molecule has 2 saturated heterocycles. The van der Waals surface area contributed by atoms with Crippen molar-refractivity contribution in [2.45, 2.75) is 19.1 Å². The Hall–Kier alpha value is -4.04. The van der Waals surface area contributed by atoms with Gasteiger partial charge in [-0.1, -0.05) is 48.0 Å². The Balaban J connectivity index is 1.63. The van der Waals surface area contributed by atoms with Gasteiger partial charge in [0.2, 0.25) is 5.91 Å². The average Bonchev–Trinajstić information content (AvgIpc) is 3.31. The molecular formula is C24H19N3O5. The third-order valence-corrected chi connectivity index (χ3v) is 5.87. The van der Waals surface area contributed by atoms with Crippen LogP contribution in [-0.4, -0.2) is 22.8 Å². The zero-order chi connectivity index (χ0) is 22.4. The van der Waals surface area contributed by atoms with E-state index in [1.165, 1.54) is 11.1 Å². The minimum atomic E-state index is -1.08. The molecular weight excluding hydrogens is 410 g/mol. The van der Waals surface area contributed by atoms with Crippen LogP contribution in [0.25, 0.3) is 0 Å². The van der Waals surface area contributed by atoms with Crippen molar-refractivity contribution in [3.63, 3.8) is 0 Å². The van der Waals surface area contributed by atoms with Gasteiger partial charge in [0, 0.05) is 6.07 Å². The van der Waals surface area contributed by atoms with Gasteiger partial charge in [0.15, 0.2) is 6.10 Å². The lowest BCUT2D eigenvalue weighted by Crippen LogP contribution is -2.37. The molecule has 0 spiro atoms. The third-order valence-electron chi connectivity index (χ3n) is 5.87. The summed E-state index contributed by atoms with van der Waals surface area (Å²) in [6.45, 7) is 1.91. The number of aryl methyl sites for hydroxylation is 1. The van der Waals surface area contributed by atoms with Gasteiger partial charge >= 0.3 is 0 Å². The van der Waals surface area contributed by atoms with Crippen LogP contribution in [0.5, 0.6) is 0 Å². The Labute approximate surface area is 183 Å². The number of fused-ring (bicyclic) bond motifs is 1. The number of hydrogen-bond donors (Lipinski definition) is 0. The van der Waals surface area contributed by atoms with Crippen LogP contribution in [0.4, 0.5) is 17.1 Å². The van der Waals surface area contributed by atoms with Gasteiger partial charge in [-0.05, 0) is 37.3 Å². The highest BCUT2D eigenvalue weighted by Crippen LogP contribution is 2.49. The molecule has 32 heavy (non-hydrogen) atoms. The predicted octanol–water partition coefficient (Wildman–Crippen LogP) is 3.95. The van der Waals surface area contributed by atoms with Crippen molar-refractivity contribution in [1.29, 1.82) is 0 Å². The van der Waals surface area contributed by atoms with Crippen LogP contribution in [0.1, 0.15) is 17.2 Å². The van der Waals surface area contributed by atoms with Gasteiger partial charge < -0.3 is 0 Å². The number of nitro groups is 1. The summed E-state index contributed by atoms with van der Waals surface area (Å²) in [5.74, 6) is -1.85. The summed E-state index contributed by atoms with van der Waals surface area (Å²) in [6, 6.07) is 21.4. The highest BCUT2D eigenvalue weighted by molar-refractivity contribution is 6.24. The molecule has 3 aromatic carbocycles. The molecule has 0 radical (unpaired) electrons. The highest BCUT2D eigenvalue weighted by atomic mass is 16.7. The minimum absolute atomic E-state index is 0.128. The lowest BCUT2D eigenvalue weighted by Gasteiger charge is -2.28. The van der Waals surface area contributed by atoms with E-state index >= 15 is 0 Å². The van der Waals surface area contributed by atoms with Crippen LogP contribution in [0.15, 0.2) is 78.9 Å². The first-order valence-electron chi connectivity index (χ1n) is 10.2. The summed E-state index contributed by atoms with van der Waals surface area (Å²) in [6.07, 6.45) is -1.08. The molecule has 8 heteroatoms. The van der Waals surface area contributed by atoms with E-state index in [4.69, 9.17) is 4.84 Å². The van der Waals surface area contributed by atoms with Crippen LogP contribution in [0.3, 0.4) is 0 Å². The second kappa shape index (κ2) is 7.58. The highest BCUT2D eigenvalue weighted by Gasteiger charge is 2.61. The van der Waals surface area contributed by atoms with E-state index in [2.05, 4.69) is 0 Å². The maximum atomic E-state index is 13.6. The lowest BCUT2D eigenvalue weighted by molar-refractivity contribution is -0.385. The number of amides is 2. The molecule has 8 nitrogen and oxygen atoms in total. The van der Waals surface area contributed by atoms with Crippen LogP contribution < -0.4 is 9.96 Å². The molecule has 2 fully saturated rings. The number of hydrogen-bond acceptors (Lipinski definition) is 6.